The minimum Gasteiger partial charge on any atom is -0.493 e. The third-order valence-corrected chi connectivity index (χ3v) is 3.20. The van der Waals surface area contributed by atoms with Crippen molar-refractivity contribution in [2.45, 2.75) is 13.5 Å². The summed E-state index contributed by atoms with van der Waals surface area (Å²) >= 11 is 3.47. The third kappa shape index (κ3) is 5.20. The lowest BCUT2D eigenvalue weighted by Gasteiger charge is -2.12. The monoisotopic (exact) mass is 353 g/mol. The molecule has 0 aliphatic carbocycles. The predicted molar refractivity (Wildman–Crippen MR) is 88.9 cm³/mol. The number of guanidine groups is 1. The van der Waals surface area contributed by atoms with Crippen LogP contribution in [0.4, 0.5) is 0 Å². The van der Waals surface area contributed by atoms with Gasteiger partial charge in [-0.2, -0.15) is 0 Å². The van der Waals surface area contributed by atoms with Gasteiger partial charge >= 0.3 is 0 Å². The van der Waals surface area contributed by atoms with Crippen LogP contribution in [0.2, 0.25) is 0 Å². The van der Waals surface area contributed by atoms with Gasteiger partial charge in [0, 0.05) is 6.54 Å². The minimum absolute atomic E-state index is 0.432. The fraction of sp³-hybridized carbons (Fsp3) is 0.400. The Hall–Kier alpha value is -1.87. The van der Waals surface area contributed by atoms with Gasteiger partial charge in [-0.1, -0.05) is 5.92 Å². The molecule has 1 aromatic carbocycles. The molecule has 0 aliphatic heterocycles. The van der Waals surface area contributed by atoms with E-state index in [1.54, 1.807) is 14.2 Å². The minimum atomic E-state index is 0.432. The van der Waals surface area contributed by atoms with Gasteiger partial charge in [-0.15, -0.1) is 6.42 Å². The fourth-order valence-corrected chi connectivity index (χ4v) is 2.36. The molecule has 5 nitrogen and oxygen atoms in total. The molecule has 1 rings (SSSR count). The van der Waals surface area contributed by atoms with Gasteiger partial charge < -0.3 is 20.1 Å². The molecule has 0 amide bonds. The second-order valence-corrected chi connectivity index (χ2v) is 4.92. The van der Waals surface area contributed by atoms with E-state index in [9.17, 15) is 0 Å². The molecular formula is C15H20BrN3O2. The first-order chi connectivity index (χ1) is 10.2. The van der Waals surface area contributed by atoms with E-state index in [1.807, 2.05) is 19.1 Å². The molecule has 0 aliphatic rings. The van der Waals surface area contributed by atoms with Crippen LogP contribution in [0, 0.1) is 12.3 Å². The normalized spacial score (nSPS) is 10.7. The van der Waals surface area contributed by atoms with Gasteiger partial charge in [0.1, 0.15) is 0 Å². The number of nitrogens with one attached hydrogen (secondary N) is 2. The van der Waals surface area contributed by atoms with Crippen LogP contribution in [0.25, 0.3) is 0 Å². The number of terminal acetylenes is 1. The summed E-state index contributed by atoms with van der Waals surface area (Å²) < 4.78 is 11.4. The fourth-order valence-electron chi connectivity index (χ4n) is 1.71. The molecule has 0 unspecified atom stereocenters. The van der Waals surface area contributed by atoms with E-state index in [0.29, 0.717) is 30.5 Å². The van der Waals surface area contributed by atoms with E-state index in [1.165, 1.54) is 0 Å². The summed E-state index contributed by atoms with van der Waals surface area (Å²) in [4.78, 5) is 4.47. The Bertz CT molecular complexity index is 538. The zero-order valence-electron chi connectivity index (χ0n) is 12.5. The van der Waals surface area contributed by atoms with E-state index >= 15 is 0 Å². The van der Waals surface area contributed by atoms with Crippen molar-refractivity contribution < 1.29 is 9.47 Å². The summed E-state index contributed by atoms with van der Waals surface area (Å²) in [6, 6.07) is 3.85. The number of methoxy groups -OCH3 is 2. The van der Waals surface area contributed by atoms with Crippen LogP contribution in [-0.2, 0) is 6.54 Å². The van der Waals surface area contributed by atoms with Crippen LogP contribution in [-0.4, -0.2) is 33.3 Å². The van der Waals surface area contributed by atoms with E-state index < -0.39 is 0 Å². The molecule has 0 spiro atoms. The van der Waals surface area contributed by atoms with Crippen LogP contribution >= 0.6 is 15.9 Å². The number of halogens is 1. The van der Waals surface area contributed by atoms with E-state index in [-0.39, 0.29) is 0 Å². The average Bonchev–Trinajstić information content (AvgIpc) is 2.49. The molecule has 0 atom stereocenters. The van der Waals surface area contributed by atoms with Crippen LogP contribution in [0.1, 0.15) is 12.5 Å². The largest absolute Gasteiger partial charge is 0.493 e. The Morgan fingerprint density at radius 3 is 2.67 bits per heavy atom. The first-order valence-electron chi connectivity index (χ1n) is 6.52. The standard InChI is InChI=1S/C15H20BrN3O2/c1-5-7-18-15(17-6-2)19-10-11-8-12(16)14(21-4)13(9-11)20-3/h1,8-9H,6-7,10H2,2-4H3,(H2,17,18,19). The first kappa shape index (κ1) is 17.2. The number of hydrogen-bond donors (Lipinski definition) is 2. The Morgan fingerprint density at radius 2 is 2.10 bits per heavy atom. The van der Waals surface area contributed by atoms with Gasteiger partial charge in [0.2, 0.25) is 0 Å². The lowest BCUT2D eigenvalue weighted by Crippen LogP contribution is -2.37. The molecule has 0 heterocycles. The summed E-state index contributed by atoms with van der Waals surface area (Å²) in [7, 11) is 3.21. The topological polar surface area (TPSA) is 54.9 Å². The highest BCUT2D eigenvalue weighted by Gasteiger charge is 2.10. The number of ether oxygens (including phenoxy) is 2. The summed E-state index contributed by atoms with van der Waals surface area (Å²) in [5, 5.41) is 6.17. The molecule has 114 valence electrons. The second kappa shape index (κ2) is 9.14. The van der Waals surface area contributed by atoms with E-state index in [2.05, 4.69) is 37.5 Å². The lowest BCUT2D eigenvalue weighted by atomic mass is 10.2. The molecule has 0 aromatic heterocycles. The zero-order valence-corrected chi connectivity index (χ0v) is 14.1. The average molecular weight is 354 g/mol. The molecule has 1 aromatic rings. The van der Waals surface area contributed by atoms with Crippen molar-refractivity contribution in [3.05, 3.63) is 22.2 Å². The maximum absolute atomic E-state index is 5.32. The van der Waals surface area contributed by atoms with Crippen molar-refractivity contribution in [3.8, 4) is 23.8 Å². The Balaban J connectivity index is 2.91. The summed E-state index contributed by atoms with van der Waals surface area (Å²) in [6.07, 6.45) is 5.24. The van der Waals surface area contributed by atoms with Gasteiger partial charge in [-0.05, 0) is 40.5 Å². The molecule has 0 bridgehead atoms. The van der Waals surface area contributed by atoms with Crippen molar-refractivity contribution in [1.82, 2.24) is 10.6 Å². The second-order valence-electron chi connectivity index (χ2n) is 4.07. The lowest BCUT2D eigenvalue weighted by molar-refractivity contribution is 0.352. The first-order valence-corrected chi connectivity index (χ1v) is 7.31. The maximum atomic E-state index is 5.32. The quantitative estimate of drug-likeness (QED) is 0.467. The van der Waals surface area contributed by atoms with Crippen molar-refractivity contribution in [2.24, 2.45) is 4.99 Å². The highest BCUT2D eigenvalue weighted by molar-refractivity contribution is 9.10. The highest BCUT2D eigenvalue weighted by Crippen LogP contribution is 2.36. The van der Waals surface area contributed by atoms with Crippen LogP contribution in [0.5, 0.6) is 11.5 Å². The maximum Gasteiger partial charge on any atom is 0.192 e. The van der Waals surface area contributed by atoms with Gasteiger partial charge in [-0.3, -0.25) is 0 Å². The van der Waals surface area contributed by atoms with Gasteiger partial charge in [0.25, 0.3) is 0 Å². The van der Waals surface area contributed by atoms with Gasteiger partial charge in [-0.25, -0.2) is 4.99 Å². The summed E-state index contributed by atoms with van der Waals surface area (Å²) in [5.74, 6) is 4.54. The molecular weight excluding hydrogens is 334 g/mol. The Kier molecular flexibility index (Phi) is 7.48. The number of nitrogens with zero attached hydrogens (tertiary/aromatic N) is 1. The third-order valence-electron chi connectivity index (χ3n) is 2.62. The van der Waals surface area contributed by atoms with Crippen molar-refractivity contribution in [2.75, 3.05) is 27.3 Å². The summed E-state index contributed by atoms with van der Waals surface area (Å²) in [6.45, 7) is 3.70. The molecule has 2 N–H and O–H groups in total. The number of hydrogen-bond acceptors (Lipinski definition) is 3. The Morgan fingerprint density at radius 1 is 1.33 bits per heavy atom. The van der Waals surface area contributed by atoms with Crippen molar-refractivity contribution in [3.63, 3.8) is 0 Å². The van der Waals surface area contributed by atoms with Gasteiger partial charge in [0.15, 0.2) is 17.5 Å². The van der Waals surface area contributed by atoms with E-state index in [4.69, 9.17) is 15.9 Å². The summed E-state index contributed by atoms with van der Waals surface area (Å²) in [5.41, 5.74) is 0.998. The molecule has 0 saturated carbocycles. The van der Waals surface area contributed by atoms with E-state index in [0.717, 1.165) is 16.6 Å². The van der Waals surface area contributed by atoms with Crippen LogP contribution in [0.3, 0.4) is 0 Å². The molecule has 0 radical (unpaired) electrons. The van der Waals surface area contributed by atoms with Crippen molar-refractivity contribution >= 4 is 21.9 Å². The number of rotatable bonds is 6. The zero-order chi connectivity index (χ0) is 15.7. The molecule has 0 fully saturated rings. The predicted octanol–water partition coefficient (Wildman–Crippen LogP) is 2.15. The smallest absolute Gasteiger partial charge is 0.192 e. The molecule has 0 saturated heterocycles. The van der Waals surface area contributed by atoms with Crippen LogP contribution < -0.4 is 20.1 Å². The Labute approximate surface area is 134 Å². The highest BCUT2D eigenvalue weighted by atomic mass is 79.9. The van der Waals surface area contributed by atoms with Crippen molar-refractivity contribution in [1.29, 1.82) is 0 Å². The number of aliphatic imine (C=N–C) groups is 1. The molecule has 21 heavy (non-hydrogen) atoms. The van der Waals surface area contributed by atoms with Gasteiger partial charge in [0.05, 0.1) is 31.8 Å². The number of benzene rings is 1. The SMILES string of the molecule is C#CCNC(=NCc1cc(Br)c(OC)c(OC)c1)NCC. The van der Waals surface area contributed by atoms with Crippen LogP contribution in [0.15, 0.2) is 21.6 Å². The molecule has 6 heteroatoms.